The molecule has 26 heavy (non-hydrogen) atoms. The molecule has 0 bridgehead atoms. The van der Waals surface area contributed by atoms with Gasteiger partial charge in [0.25, 0.3) is 0 Å². The van der Waals surface area contributed by atoms with Crippen molar-refractivity contribution in [1.82, 2.24) is 9.97 Å². The molecule has 0 atom stereocenters. The lowest BCUT2D eigenvalue weighted by molar-refractivity contribution is 0.0697. The van der Waals surface area contributed by atoms with Crippen molar-refractivity contribution in [3.05, 3.63) is 77.9 Å². The average Bonchev–Trinajstić information content (AvgIpc) is 3.11. The molecular weight excluding hydrogens is 326 g/mol. The predicted molar refractivity (Wildman–Crippen MR) is 98.6 cm³/mol. The van der Waals surface area contributed by atoms with Gasteiger partial charge in [0.1, 0.15) is 5.82 Å². The van der Waals surface area contributed by atoms with Crippen molar-refractivity contribution < 1.29 is 9.90 Å². The Balaban J connectivity index is 1.75. The SMILES string of the molecule is N#Cc1ccc(-c2cccc(-c3nc4ccc(C(=O)O)cc4[nH]3)c2)cc1. The number of nitriles is 1. The zero-order chi connectivity index (χ0) is 18.1. The molecule has 0 radical (unpaired) electrons. The van der Waals surface area contributed by atoms with Crippen LogP contribution >= 0.6 is 0 Å². The Morgan fingerprint density at radius 1 is 0.962 bits per heavy atom. The Labute approximate surface area is 149 Å². The topological polar surface area (TPSA) is 89.8 Å². The number of imidazole rings is 1. The average molecular weight is 339 g/mol. The van der Waals surface area contributed by atoms with Gasteiger partial charge in [-0.15, -0.1) is 0 Å². The van der Waals surface area contributed by atoms with Gasteiger partial charge in [0.05, 0.1) is 28.2 Å². The third kappa shape index (κ3) is 2.80. The van der Waals surface area contributed by atoms with Gasteiger partial charge >= 0.3 is 5.97 Å². The summed E-state index contributed by atoms with van der Waals surface area (Å²) in [5.41, 5.74) is 5.17. The monoisotopic (exact) mass is 339 g/mol. The van der Waals surface area contributed by atoms with Crippen molar-refractivity contribution in [3.8, 4) is 28.6 Å². The number of fused-ring (bicyclic) bond motifs is 1. The minimum absolute atomic E-state index is 0.221. The van der Waals surface area contributed by atoms with Gasteiger partial charge in [0.2, 0.25) is 0 Å². The maximum absolute atomic E-state index is 11.1. The van der Waals surface area contributed by atoms with Crippen molar-refractivity contribution in [3.63, 3.8) is 0 Å². The third-order valence-corrected chi connectivity index (χ3v) is 4.21. The van der Waals surface area contributed by atoms with E-state index < -0.39 is 5.97 Å². The highest BCUT2D eigenvalue weighted by atomic mass is 16.4. The normalized spacial score (nSPS) is 10.6. The molecular formula is C21H13N3O2. The fourth-order valence-electron chi connectivity index (χ4n) is 2.86. The van der Waals surface area contributed by atoms with Gasteiger partial charge in [-0.1, -0.05) is 30.3 Å². The number of hydrogen-bond acceptors (Lipinski definition) is 3. The zero-order valence-corrected chi connectivity index (χ0v) is 13.6. The van der Waals surface area contributed by atoms with Crippen LogP contribution in [0.4, 0.5) is 0 Å². The summed E-state index contributed by atoms with van der Waals surface area (Å²) in [7, 11) is 0. The largest absolute Gasteiger partial charge is 0.478 e. The van der Waals surface area contributed by atoms with Crippen molar-refractivity contribution in [2.45, 2.75) is 0 Å². The smallest absolute Gasteiger partial charge is 0.335 e. The summed E-state index contributed by atoms with van der Waals surface area (Å²) in [5.74, 6) is -0.288. The molecule has 0 aliphatic rings. The van der Waals surface area contributed by atoms with Gasteiger partial charge in [-0.3, -0.25) is 0 Å². The second-order valence-corrected chi connectivity index (χ2v) is 5.89. The number of carbonyl (C=O) groups is 1. The maximum Gasteiger partial charge on any atom is 0.335 e. The molecule has 0 saturated heterocycles. The highest BCUT2D eigenvalue weighted by molar-refractivity contribution is 5.93. The van der Waals surface area contributed by atoms with Gasteiger partial charge in [-0.2, -0.15) is 5.26 Å². The fraction of sp³-hybridized carbons (Fsp3) is 0. The Hall–Kier alpha value is -3.91. The van der Waals surface area contributed by atoms with Crippen LogP contribution in [-0.2, 0) is 0 Å². The summed E-state index contributed by atoms with van der Waals surface area (Å²) >= 11 is 0. The van der Waals surface area contributed by atoms with Crippen LogP contribution in [0, 0.1) is 11.3 Å². The van der Waals surface area contributed by atoms with Crippen LogP contribution in [0.2, 0.25) is 0 Å². The van der Waals surface area contributed by atoms with Gasteiger partial charge in [-0.25, -0.2) is 9.78 Å². The number of hydrogen-bond donors (Lipinski definition) is 2. The number of carboxylic acid groups (broad SMARTS) is 1. The molecule has 1 aromatic heterocycles. The van der Waals surface area contributed by atoms with E-state index in [0.29, 0.717) is 22.4 Å². The molecule has 0 unspecified atom stereocenters. The van der Waals surface area contributed by atoms with Crippen LogP contribution in [0.3, 0.4) is 0 Å². The van der Waals surface area contributed by atoms with Crippen LogP contribution in [0.15, 0.2) is 66.7 Å². The molecule has 0 spiro atoms. The first-order valence-electron chi connectivity index (χ1n) is 7.98. The number of aromatic amines is 1. The first kappa shape index (κ1) is 15.6. The van der Waals surface area contributed by atoms with E-state index in [1.165, 1.54) is 0 Å². The molecule has 0 fully saturated rings. The molecule has 1 heterocycles. The lowest BCUT2D eigenvalue weighted by Crippen LogP contribution is -1.94. The number of rotatable bonds is 3. The second-order valence-electron chi connectivity index (χ2n) is 5.89. The maximum atomic E-state index is 11.1. The summed E-state index contributed by atoms with van der Waals surface area (Å²) in [5, 5.41) is 18.0. The summed E-state index contributed by atoms with van der Waals surface area (Å²) in [6.45, 7) is 0. The molecule has 124 valence electrons. The van der Waals surface area contributed by atoms with Crippen LogP contribution in [0.5, 0.6) is 0 Å². The minimum atomic E-state index is -0.967. The number of nitrogens with zero attached hydrogens (tertiary/aromatic N) is 2. The Morgan fingerprint density at radius 2 is 1.73 bits per heavy atom. The lowest BCUT2D eigenvalue weighted by atomic mass is 10.0. The van der Waals surface area contributed by atoms with E-state index in [0.717, 1.165) is 16.7 Å². The molecule has 4 rings (SSSR count). The van der Waals surface area contributed by atoms with Gasteiger partial charge in [-0.05, 0) is 47.5 Å². The number of carboxylic acids is 1. The van der Waals surface area contributed by atoms with Crippen LogP contribution in [0.1, 0.15) is 15.9 Å². The molecule has 0 saturated carbocycles. The lowest BCUT2D eigenvalue weighted by Gasteiger charge is -2.04. The summed E-state index contributed by atoms with van der Waals surface area (Å²) in [4.78, 5) is 18.9. The van der Waals surface area contributed by atoms with Crippen molar-refractivity contribution in [2.75, 3.05) is 0 Å². The first-order valence-corrected chi connectivity index (χ1v) is 7.98. The molecule has 0 aliphatic carbocycles. The van der Waals surface area contributed by atoms with E-state index in [9.17, 15) is 4.79 Å². The summed E-state index contributed by atoms with van der Waals surface area (Å²) in [6, 6.07) is 22.2. The number of aromatic carboxylic acids is 1. The van der Waals surface area contributed by atoms with E-state index in [1.54, 1.807) is 30.3 Å². The Bertz CT molecular complexity index is 1170. The quantitative estimate of drug-likeness (QED) is 0.576. The van der Waals surface area contributed by atoms with E-state index in [4.69, 9.17) is 10.4 Å². The molecule has 4 aromatic rings. The molecule has 5 heteroatoms. The number of aromatic nitrogens is 2. The Morgan fingerprint density at radius 3 is 2.46 bits per heavy atom. The van der Waals surface area contributed by atoms with Crippen molar-refractivity contribution in [2.24, 2.45) is 0 Å². The van der Waals surface area contributed by atoms with E-state index in [2.05, 4.69) is 16.0 Å². The van der Waals surface area contributed by atoms with Crippen LogP contribution < -0.4 is 0 Å². The predicted octanol–water partition coefficient (Wildman–Crippen LogP) is 4.47. The van der Waals surface area contributed by atoms with E-state index in [-0.39, 0.29) is 5.56 Å². The van der Waals surface area contributed by atoms with Crippen molar-refractivity contribution in [1.29, 1.82) is 5.26 Å². The molecule has 3 aromatic carbocycles. The first-order chi connectivity index (χ1) is 12.6. The van der Waals surface area contributed by atoms with Crippen LogP contribution in [0.25, 0.3) is 33.5 Å². The summed E-state index contributed by atoms with van der Waals surface area (Å²) in [6.07, 6.45) is 0. The number of benzene rings is 3. The Kier molecular flexibility index (Phi) is 3.71. The third-order valence-electron chi connectivity index (χ3n) is 4.21. The molecule has 0 aliphatic heterocycles. The van der Waals surface area contributed by atoms with Crippen LogP contribution in [-0.4, -0.2) is 21.0 Å². The minimum Gasteiger partial charge on any atom is -0.478 e. The van der Waals surface area contributed by atoms with Gasteiger partial charge in [0, 0.05) is 5.56 Å². The van der Waals surface area contributed by atoms with Gasteiger partial charge in [0.15, 0.2) is 0 Å². The van der Waals surface area contributed by atoms with E-state index >= 15 is 0 Å². The zero-order valence-electron chi connectivity index (χ0n) is 13.6. The van der Waals surface area contributed by atoms with E-state index in [1.807, 2.05) is 36.4 Å². The molecule has 2 N–H and O–H groups in total. The number of nitrogens with one attached hydrogen (secondary N) is 1. The second kappa shape index (κ2) is 6.19. The van der Waals surface area contributed by atoms with Gasteiger partial charge < -0.3 is 10.1 Å². The molecule has 5 nitrogen and oxygen atoms in total. The fourth-order valence-corrected chi connectivity index (χ4v) is 2.86. The highest BCUT2D eigenvalue weighted by Crippen LogP contribution is 2.27. The highest BCUT2D eigenvalue weighted by Gasteiger charge is 2.10. The standard InChI is InChI=1S/C21H13N3O2/c22-12-13-4-6-14(7-5-13)15-2-1-3-16(10-15)20-23-18-9-8-17(21(25)26)11-19(18)24-20/h1-11H,(H,23,24)(H,25,26). The van der Waals surface area contributed by atoms with Crippen molar-refractivity contribution >= 4 is 17.0 Å². The summed E-state index contributed by atoms with van der Waals surface area (Å²) < 4.78 is 0. The number of H-pyrrole nitrogens is 1. The molecule has 0 amide bonds.